The van der Waals surface area contributed by atoms with Crippen molar-refractivity contribution in [1.29, 1.82) is 0 Å². The molecule has 2 aromatic carbocycles. The molecule has 3 rings (SSSR count). The molecular weight excluding hydrogens is 436 g/mol. The Labute approximate surface area is 182 Å². The molecule has 1 fully saturated rings. The van der Waals surface area contributed by atoms with Crippen molar-refractivity contribution in [3.8, 4) is 0 Å². The van der Waals surface area contributed by atoms with E-state index < -0.39 is 23.5 Å². The number of rotatable bonds is 4. The second-order valence-electron chi connectivity index (χ2n) is 7.52. The third kappa shape index (κ3) is 5.55. The van der Waals surface area contributed by atoms with Gasteiger partial charge in [0.1, 0.15) is 5.82 Å². The van der Waals surface area contributed by atoms with E-state index in [2.05, 4.69) is 0 Å². The van der Waals surface area contributed by atoms with E-state index in [1.165, 1.54) is 29.2 Å². The van der Waals surface area contributed by atoms with E-state index in [9.17, 15) is 27.2 Å². The molecule has 2 aromatic rings. The van der Waals surface area contributed by atoms with Crippen molar-refractivity contribution in [2.24, 2.45) is 0 Å². The molecule has 1 atom stereocenters. The van der Waals surface area contributed by atoms with E-state index in [0.717, 1.165) is 18.2 Å². The largest absolute Gasteiger partial charge is 0.416 e. The molecule has 0 bridgehead atoms. The second-order valence-corrected chi connectivity index (χ2v) is 7.96. The average molecular weight is 457 g/mol. The lowest BCUT2D eigenvalue weighted by Gasteiger charge is -2.35. The van der Waals surface area contributed by atoms with Gasteiger partial charge in [-0.2, -0.15) is 13.2 Å². The minimum Gasteiger partial charge on any atom is -0.339 e. The van der Waals surface area contributed by atoms with Crippen LogP contribution in [0.25, 0.3) is 0 Å². The first-order chi connectivity index (χ1) is 14.6. The lowest BCUT2D eigenvalue weighted by Crippen LogP contribution is -2.50. The molecule has 0 unspecified atom stereocenters. The summed E-state index contributed by atoms with van der Waals surface area (Å²) in [5.74, 6) is -1.54. The van der Waals surface area contributed by atoms with Crippen LogP contribution in [0.5, 0.6) is 0 Å². The minimum atomic E-state index is -4.40. The molecule has 0 aliphatic carbocycles. The average Bonchev–Trinajstić information content (AvgIpc) is 2.74. The van der Waals surface area contributed by atoms with Crippen molar-refractivity contribution in [3.63, 3.8) is 0 Å². The standard InChI is InChI=1S/C22H21ClF4N2O2/c1-14(15-2-4-16(5-3-15)22(25,26)27)12-20(30)28-8-10-29(11-9-28)21(31)18-13-17(23)6-7-19(18)24/h2-7,13-14H,8-12H2,1H3/t14-/m1/s1. The van der Waals surface area contributed by atoms with E-state index in [4.69, 9.17) is 11.6 Å². The summed E-state index contributed by atoms with van der Waals surface area (Å²) in [5, 5.41) is 0.260. The predicted molar refractivity (Wildman–Crippen MR) is 108 cm³/mol. The highest BCUT2D eigenvalue weighted by Crippen LogP contribution is 2.31. The highest BCUT2D eigenvalue weighted by molar-refractivity contribution is 6.31. The van der Waals surface area contributed by atoms with Crippen molar-refractivity contribution in [3.05, 3.63) is 70.0 Å². The Morgan fingerprint density at radius 2 is 1.58 bits per heavy atom. The van der Waals surface area contributed by atoms with Gasteiger partial charge in [-0.3, -0.25) is 9.59 Å². The molecule has 1 heterocycles. The van der Waals surface area contributed by atoms with Crippen molar-refractivity contribution in [2.45, 2.75) is 25.4 Å². The normalized spacial score (nSPS) is 15.7. The number of alkyl halides is 3. The number of nitrogens with zero attached hydrogens (tertiary/aromatic N) is 2. The van der Waals surface area contributed by atoms with Gasteiger partial charge in [0.2, 0.25) is 5.91 Å². The number of piperazine rings is 1. The van der Waals surface area contributed by atoms with Gasteiger partial charge in [0.05, 0.1) is 11.1 Å². The van der Waals surface area contributed by atoms with Crippen molar-refractivity contribution < 1.29 is 27.2 Å². The fourth-order valence-corrected chi connectivity index (χ4v) is 3.67. The van der Waals surface area contributed by atoms with Gasteiger partial charge in [-0.1, -0.05) is 30.7 Å². The zero-order valence-electron chi connectivity index (χ0n) is 16.8. The summed E-state index contributed by atoms with van der Waals surface area (Å²) in [6.07, 6.45) is -4.26. The second kappa shape index (κ2) is 9.26. The molecule has 166 valence electrons. The van der Waals surface area contributed by atoms with Gasteiger partial charge in [0.15, 0.2) is 0 Å². The number of hydrogen-bond acceptors (Lipinski definition) is 2. The zero-order valence-corrected chi connectivity index (χ0v) is 17.5. The number of hydrogen-bond donors (Lipinski definition) is 0. The number of carbonyl (C=O) groups excluding carboxylic acids is 2. The first-order valence-electron chi connectivity index (χ1n) is 9.75. The molecule has 0 radical (unpaired) electrons. The zero-order chi connectivity index (χ0) is 22.8. The molecule has 4 nitrogen and oxygen atoms in total. The molecule has 9 heteroatoms. The van der Waals surface area contributed by atoms with Gasteiger partial charge in [0.25, 0.3) is 5.91 Å². The molecule has 1 saturated heterocycles. The van der Waals surface area contributed by atoms with Crippen LogP contribution in [-0.2, 0) is 11.0 Å². The fourth-order valence-electron chi connectivity index (χ4n) is 3.50. The summed E-state index contributed by atoms with van der Waals surface area (Å²) in [6, 6.07) is 8.57. The van der Waals surface area contributed by atoms with Crippen LogP contribution in [0.15, 0.2) is 42.5 Å². The fraction of sp³-hybridized carbons (Fsp3) is 0.364. The third-order valence-corrected chi connectivity index (χ3v) is 5.60. The van der Waals surface area contributed by atoms with Crippen LogP contribution < -0.4 is 0 Å². The van der Waals surface area contributed by atoms with Crippen molar-refractivity contribution >= 4 is 23.4 Å². The molecule has 31 heavy (non-hydrogen) atoms. The lowest BCUT2D eigenvalue weighted by molar-refractivity contribution is -0.137. The molecule has 0 spiro atoms. The Kier molecular flexibility index (Phi) is 6.89. The Morgan fingerprint density at radius 3 is 2.16 bits per heavy atom. The van der Waals surface area contributed by atoms with Crippen LogP contribution >= 0.6 is 11.6 Å². The summed E-state index contributed by atoms with van der Waals surface area (Å²) in [4.78, 5) is 28.3. The number of halogens is 5. The van der Waals surface area contributed by atoms with Crippen LogP contribution in [-0.4, -0.2) is 47.8 Å². The molecular formula is C22H21ClF4N2O2. The summed E-state index contributed by atoms with van der Waals surface area (Å²) in [5.41, 5.74) is -0.193. The number of benzene rings is 2. The van der Waals surface area contributed by atoms with E-state index in [0.29, 0.717) is 18.7 Å². The van der Waals surface area contributed by atoms with Gasteiger partial charge >= 0.3 is 6.18 Å². The number of amides is 2. The lowest BCUT2D eigenvalue weighted by atomic mass is 9.96. The summed E-state index contributed by atoms with van der Waals surface area (Å²) in [6.45, 7) is 2.89. The highest BCUT2D eigenvalue weighted by Gasteiger charge is 2.31. The van der Waals surface area contributed by atoms with Gasteiger partial charge < -0.3 is 9.80 Å². The molecule has 0 N–H and O–H groups in total. The van der Waals surface area contributed by atoms with Crippen LogP contribution in [0, 0.1) is 5.82 Å². The van der Waals surface area contributed by atoms with Crippen LogP contribution in [0.2, 0.25) is 5.02 Å². The molecule has 1 aliphatic rings. The Morgan fingerprint density at radius 1 is 1.00 bits per heavy atom. The van der Waals surface area contributed by atoms with Gasteiger partial charge in [-0.25, -0.2) is 4.39 Å². The Balaban J connectivity index is 1.55. The van der Waals surface area contributed by atoms with E-state index in [-0.39, 0.29) is 41.9 Å². The van der Waals surface area contributed by atoms with Crippen LogP contribution in [0.4, 0.5) is 17.6 Å². The quantitative estimate of drug-likeness (QED) is 0.609. The maximum absolute atomic E-state index is 13.9. The van der Waals surface area contributed by atoms with E-state index in [1.807, 2.05) is 0 Å². The summed E-state index contributed by atoms with van der Waals surface area (Å²) >= 11 is 5.85. The molecule has 0 aromatic heterocycles. The Bertz CT molecular complexity index is 955. The molecule has 1 aliphatic heterocycles. The molecule has 0 saturated carbocycles. The maximum Gasteiger partial charge on any atom is 0.416 e. The summed E-state index contributed by atoms with van der Waals surface area (Å²) < 4.78 is 52.0. The number of carbonyl (C=O) groups is 2. The SMILES string of the molecule is C[C@H](CC(=O)N1CCN(C(=O)c2cc(Cl)ccc2F)CC1)c1ccc(C(F)(F)F)cc1. The maximum atomic E-state index is 13.9. The highest BCUT2D eigenvalue weighted by atomic mass is 35.5. The minimum absolute atomic E-state index is 0.108. The van der Waals surface area contributed by atoms with Crippen molar-refractivity contribution in [2.75, 3.05) is 26.2 Å². The first-order valence-corrected chi connectivity index (χ1v) is 10.1. The van der Waals surface area contributed by atoms with Crippen LogP contribution in [0.1, 0.15) is 40.7 Å². The predicted octanol–water partition coefficient (Wildman–Crippen LogP) is 4.98. The smallest absolute Gasteiger partial charge is 0.339 e. The topological polar surface area (TPSA) is 40.6 Å². The summed E-state index contributed by atoms with van der Waals surface area (Å²) in [7, 11) is 0. The van der Waals surface area contributed by atoms with E-state index in [1.54, 1.807) is 11.8 Å². The monoisotopic (exact) mass is 456 g/mol. The Hall–Kier alpha value is -2.61. The van der Waals surface area contributed by atoms with Gasteiger partial charge in [0, 0.05) is 37.6 Å². The van der Waals surface area contributed by atoms with Crippen molar-refractivity contribution in [1.82, 2.24) is 9.80 Å². The van der Waals surface area contributed by atoms with E-state index >= 15 is 0 Å². The van der Waals surface area contributed by atoms with Gasteiger partial charge in [-0.15, -0.1) is 0 Å². The third-order valence-electron chi connectivity index (χ3n) is 5.37. The van der Waals surface area contributed by atoms with Crippen LogP contribution in [0.3, 0.4) is 0 Å². The first kappa shape index (κ1) is 23.1. The molecule has 2 amide bonds. The van der Waals surface area contributed by atoms with Gasteiger partial charge in [-0.05, 0) is 41.8 Å².